The van der Waals surface area contributed by atoms with Gasteiger partial charge < -0.3 is 18.7 Å². The number of benzene rings is 1. The van der Waals surface area contributed by atoms with Crippen molar-refractivity contribution in [2.24, 2.45) is 0 Å². The van der Waals surface area contributed by atoms with Crippen molar-refractivity contribution in [2.45, 2.75) is 70.2 Å². The predicted octanol–water partition coefficient (Wildman–Crippen LogP) is 7.60. The molecule has 3 rings (SSSR count). The first kappa shape index (κ1) is 33.0. The van der Waals surface area contributed by atoms with E-state index in [-0.39, 0.29) is 12.8 Å². The number of aromatic nitrogens is 3. The molecule has 1 atom stereocenters. The maximum atomic E-state index is 14.7. The third kappa shape index (κ3) is 8.06. The Kier molecular flexibility index (Phi) is 10.0. The van der Waals surface area contributed by atoms with Gasteiger partial charge in [-0.25, -0.2) is 9.78 Å². The van der Waals surface area contributed by atoms with Crippen molar-refractivity contribution >= 4 is 34.0 Å². The zero-order chi connectivity index (χ0) is 31.3. The van der Waals surface area contributed by atoms with Crippen molar-refractivity contribution in [1.29, 1.82) is 0 Å². The number of halogens is 7. The second-order valence-corrected chi connectivity index (χ2v) is 10.7. The van der Waals surface area contributed by atoms with Crippen molar-refractivity contribution < 1.29 is 49.8 Å². The number of rotatable bonds is 10. The highest BCUT2D eigenvalue weighted by molar-refractivity contribution is 9.10. The average Bonchev–Trinajstić information content (AvgIpc) is 3.35. The molecule has 2 heterocycles. The highest BCUT2D eigenvalue weighted by Crippen LogP contribution is 2.47. The lowest BCUT2D eigenvalue weighted by atomic mass is 9.95. The highest BCUT2D eigenvalue weighted by Gasteiger charge is 2.61. The Morgan fingerprint density at radius 3 is 2.31 bits per heavy atom. The van der Waals surface area contributed by atoms with Crippen LogP contribution in [0.25, 0.3) is 11.6 Å². The monoisotopic (exact) mass is 666 g/mol. The van der Waals surface area contributed by atoms with E-state index < -0.39 is 76.0 Å². The van der Waals surface area contributed by atoms with E-state index in [0.717, 1.165) is 0 Å². The first-order chi connectivity index (χ1) is 19.5. The van der Waals surface area contributed by atoms with Crippen molar-refractivity contribution in [1.82, 2.24) is 15.2 Å². The number of alkyl halides is 6. The van der Waals surface area contributed by atoms with E-state index in [9.17, 15) is 35.9 Å². The molecule has 0 saturated carbocycles. The number of carbonyl (C=O) groups excluding carboxylic acids is 2. The number of nitrogens with one attached hydrogen (secondary N) is 1. The number of nitrogens with zero attached hydrogens (tertiary/aromatic N) is 3. The number of amides is 1. The molecule has 9 nitrogen and oxygen atoms in total. The number of aldehydes is 1. The van der Waals surface area contributed by atoms with Crippen LogP contribution in [-0.4, -0.2) is 39.3 Å². The fourth-order valence-corrected chi connectivity index (χ4v) is 4.16. The summed E-state index contributed by atoms with van der Waals surface area (Å²) < 4.78 is 100.0. The minimum Gasteiger partial charge on any atom is -0.444 e. The molecule has 0 radical (unpaired) electrons. The molecule has 228 valence electrons. The Labute approximate surface area is 244 Å². The summed E-state index contributed by atoms with van der Waals surface area (Å²) in [4.78, 5) is 27.0. The van der Waals surface area contributed by atoms with Gasteiger partial charge in [0.05, 0.1) is 17.9 Å². The fraction of sp³-hybridized carbons (Fsp3) is 0.423. The third-order valence-electron chi connectivity index (χ3n) is 5.53. The fourth-order valence-electron chi connectivity index (χ4n) is 3.64. The summed E-state index contributed by atoms with van der Waals surface area (Å²) in [5.41, 5.74) is -6.36. The molecular formula is C26H25BrF6N4O5. The number of ether oxygens (including phenoxy) is 2. The van der Waals surface area contributed by atoms with Crippen LogP contribution in [0.15, 0.2) is 45.4 Å². The van der Waals surface area contributed by atoms with E-state index >= 15 is 0 Å². The summed E-state index contributed by atoms with van der Waals surface area (Å²) in [5.74, 6) is -1.83. The molecule has 0 aliphatic heterocycles. The van der Waals surface area contributed by atoms with Gasteiger partial charge in [-0.3, -0.25) is 5.32 Å². The Morgan fingerprint density at radius 2 is 1.74 bits per heavy atom. The smallest absolute Gasteiger partial charge is 0.426 e. The van der Waals surface area contributed by atoms with Crippen LogP contribution in [0.2, 0.25) is 0 Å². The molecule has 2 aromatic heterocycles. The van der Waals surface area contributed by atoms with Crippen LogP contribution in [-0.2, 0) is 32.7 Å². The average molecular weight is 667 g/mol. The van der Waals surface area contributed by atoms with Gasteiger partial charge in [0.25, 0.3) is 11.8 Å². The summed E-state index contributed by atoms with van der Waals surface area (Å²) in [6.07, 6.45) is -12.1. The molecule has 0 spiro atoms. The lowest BCUT2D eigenvalue weighted by molar-refractivity contribution is -0.299. The summed E-state index contributed by atoms with van der Waals surface area (Å²) >= 11 is 2.70. The predicted molar refractivity (Wildman–Crippen MR) is 139 cm³/mol. The van der Waals surface area contributed by atoms with Gasteiger partial charge in [-0.15, -0.1) is 10.2 Å². The van der Waals surface area contributed by atoms with Crippen molar-refractivity contribution in [2.75, 3.05) is 5.32 Å². The van der Waals surface area contributed by atoms with Gasteiger partial charge in [0.1, 0.15) is 16.5 Å². The Morgan fingerprint density at radius 1 is 1.07 bits per heavy atom. The highest BCUT2D eigenvalue weighted by atomic mass is 79.9. The van der Waals surface area contributed by atoms with Crippen LogP contribution in [0.3, 0.4) is 0 Å². The number of carbonyl (C=O) groups is 2. The van der Waals surface area contributed by atoms with Gasteiger partial charge in [-0.05, 0) is 61.2 Å². The van der Waals surface area contributed by atoms with Gasteiger partial charge in [0.15, 0.2) is 5.69 Å². The number of pyridine rings is 1. The number of unbranched alkanes of at least 4 members (excludes halogenated alkanes) is 1. The molecule has 16 heteroatoms. The van der Waals surface area contributed by atoms with Crippen LogP contribution in [0.4, 0.5) is 36.8 Å². The minimum absolute atomic E-state index is 0.231. The minimum atomic E-state index is -5.14. The second-order valence-electron chi connectivity index (χ2n) is 9.92. The summed E-state index contributed by atoms with van der Waals surface area (Å²) in [6, 6.07) is 8.41. The van der Waals surface area contributed by atoms with Crippen molar-refractivity contribution in [3.63, 3.8) is 0 Å². The summed E-state index contributed by atoms with van der Waals surface area (Å²) in [5, 5.41) is 9.24. The van der Waals surface area contributed by atoms with Gasteiger partial charge >= 0.3 is 18.4 Å². The maximum Gasteiger partial charge on any atom is 0.426 e. The zero-order valence-corrected chi connectivity index (χ0v) is 24.0. The molecule has 1 amide bonds. The molecule has 3 aromatic rings. The van der Waals surface area contributed by atoms with Gasteiger partial charge in [-0.1, -0.05) is 30.3 Å². The second kappa shape index (κ2) is 12.8. The van der Waals surface area contributed by atoms with Gasteiger partial charge in [-0.2, -0.15) is 26.3 Å². The largest absolute Gasteiger partial charge is 0.444 e. The van der Waals surface area contributed by atoms with Crippen molar-refractivity contribution in [3.05, 3.63) is 58.0 Å². The maximum absolute atomic E-state index is 14.7. The molecule has 0 saturated heterocycles. The third-order valence-corrected chi connectivity index (χ3v) is 6.13. The van der Waals surface area contributed by atoms with Crippen LogP contribution in [0, 0.1) is 0 Å². The van der Waals surface area contributed by atoms with E-state index in [1.807, 2.05) is 0 Å². The number of hydrogen-bond acceptors (Lipinski definition) is 8. The molecule has 1 unspecified atom stereocenters. The number of hydrogen-bond donors (Lipinski definition) is 1. The topological polar surface area (TPSA) is 116 Å². The van der Waals surface area contributed by atoms with E-state index in [4.69, 9.17) is 13.9 Å². The molecule has 0 aliphatic rings. The first-order valence-electron chi connectivity index (χ1n) is 12.3. The molecule has 0 fully saturated rings. The number of anilines is 1. The molecule has 1 aromatic carbocycles. The van der Waals surface area contributed by atoms with Crippen LogP contribution in [0.1, 0.15) is 57.1 Å². The molecule has 42 heavy (non-hydrogen) atoms. The molecular weight excluding hydrogens is 642 g/mol. The van der Waals surface area contributed by atoms with Crippen LogP contribution in [0.5, 0.6) is 0 Å². The SMILES string of the molecule is CC(C)(C)OC(=O)Nc1cc(C(F)(F)F)c(Br)nc1-c1nnc(C(CCCC=O)(OCc2ccccc2)C(F)(F)F)o1. The Balaban J connectivity index is 2.13. The van der Waals surface area contributed by atoms with E-state index in [1.54, 1.807) is 18.2 Å². The molecule has 0 aliphatic carbocycles. The molecule has 1 N–H and O–H groups in total. The normalized spacial score (nSPS) is 13.9. The lowest BCUT2D eigenvalue weighted by Gasteiger charge is -2.32. The molecule has 0 bridgehead atoms. The van der Waals surface area contributed by atoms with Crippen molar-refractivity contribution in [3.8, 4) is 11.6 Å². The summed E-state index contributed by atoms with van der Waals surface area (Å²) in [6.45, 7) is 4.00. The van der Waals surface area contributed by atoms with E-state index in [2.05, 4.69) is 36.4 Å². The van der Waals surface area contributed by atoms with Crippen LogP contribution < -0.4 is 5.32 Å². The first-order valence-corrected chi connectivity index (χ1v) is 13.1. The van der Waals surface area contributed by atoms with E-state index in [0.29, 0.717) is 17.9 Å². The van der Waals surface area contributed by atoms with E-state index in [1.165, 1.54) is 32.9 Å². The Hall–Kier alpha value is -3.53. The van der Waals surface area contributed by atoms with Crippen LogP contribution >= 0.6 is 15.9 Å². The Bertz CT molecular complexity index is 1390. The zero-order valence-electron chi connectivity index (χ0n) is 22.4. The quantitative estimate of drug-likeness (QED) is 0.102. The lowest BCUT2D eigenvalue weighted by Crippen LogP contribution is -2.45. The van der Waals surface area contributed by atoms with Gasteiger partial charge in [0.2, 0.25) is 5.60 Å². The standard InChI is InChI=1S/C26H25BrF6N4O5/c1-23(2,3)42-22(39)34-17-13-16(25(28,29)30)19(27)35-18(17)20-36-37-21(41-20)24(26(31,32)33,11-7-8-12-38)40-14-15-9-5-4-6-10-15/h4-6,9-10,12-13H,7-8,11,14H2,1-3H3,(H,34,39). The van der Waals surface area contributed by atoms with Gasteiger partial charge in [0, 0.05) is 6.42 Å². The summed E-state index contributed by atoms with van der Waals surface area (Å²) in [7, 11) is 0.